The third kappa shape index (κ3) is 2.00. The maximum Gasteiger partial charge on any atom is 0.339 e. The van der Waals surface area contributed by atoms with Crippen LogP contribution < -0.4 is 0 Å². The monoisotopic (exact) mass is 294 g/mol. The first-order valence-corrected chi connectivity index (χ1v) is 6.01. The van der Waals surface area contributed by atoms with Crippen molar-refractivity contribution in [2.45, 2.75) is 13.3 Å². The molecular weight excluding hydrogens is 284 g/mol. The Morgan fingerprint density at radius 3 is 2.65 bits per heavy atom. The lowest BCUT2D eigenvalue weighted by molar-refractivity contribution is 0.0693. The van der Waals surface area contributed by atoms with Crippen LogP contribution in [0.4, 0.5) is 0 Å². The van der Waals surface area contributed by atoms with Gasteiger partial charge in [-0.05, 0) is 41.0 Å². The number of carboxylic acid groups (broad SMARTS) is 1. The molecule has 4 heteroatoms. The number of aryl methyl sites for hydroxylation is 1. The largest absolute Gasteiger partial charge is 0.507 e. The Morgan fingerprint density at radius 1 is 1.35 bits per heavy atom. The van der Waals surface area contributed by atoms with E-state index in [0.717, 1.165) is 15.2 Å². The van der Waals surface area contributed by atoms with E-state index in [1.807, 2.05) is 25.1 Å². The highest BCUT2D eigenvalue weighted by Gasteiger charge is 2.17. The van der Waals surface area contributed by atoms with Gasteiger partial charge < -0.3 is 10.2 Å². The van der Waals surface area contributed by atoms with Gasteiger partial charge in [0.05, 0.1) is 0 Å². The molecule has 0 atom stereocenters. The maximum atomic E-state index is 11.2. The van der Waals surface area contributed by atoms with Gasteiger partial charge in [-0.1, -0.05) is 28.9 Å². The summed E-state index contributed by atoms with van der Waals surface area (Å²) in [5, 5.41) is 20.6. The zero-order valence-electron chi connectivity index (χ0n) is 9.20. The second kappa shape index (κ2) is 4.37. The molecule has 0 amide bonds. The quantitative estimate of drug-likeness (QED) is 0.890. The maximum absolute atomic E-state index is 11.2. The van der Waals surface area contributed by atoms with Crippen molar-refractivity contribution in [2.24, 2.45) is 0 Å². The molecular formula is C13H11BrO3. The van der Waals surface area contributed by atoms with Crippen LogP contribution in [0, 0.1) is 0 Å². The number of carboxylic acids is 1. The molecule has 2 rings (SSSR count). The van der Waals surface area contributed by atoms with E-state index in [2.05, 4.69) is 15.9 Å². The van der Waals surface area contributed by atoms with Crippen molar-refractivity contribution < 1.29 is 15.0 Å². The van der Waals surface area contributed by atoms with E-state index in [4.69, 9.17) is 5.11 Å². The number of hydrogen-bond acceptors (Lipinski definition) is 2. The van der Waals surface area contributed by atoms with Crippen molar-refractivity contribution in [1.29, 1.82) is 0 Å². The van der Waals surface area contributed by atoms with Crippen LogP contribution in [0.3, 0.4) is 0 Å². The van der Waals surface area contributed by atoms with Crippen LogP contribution in [0.1, 0.15) is 22.8 Å². The Kier molecular flexibility index (Phi) is 3.07. The highest BCUT2D eigenvalue weighted by atomic mass is 79.9. The number of fused-ring (bicyclic) bond motifs is 1. The molecule has 0 fully saturated rings. The SMILES string of the molecule is CCc1c(C(=O)O)c(O)cc2ccc(Br)cc12. The second-order valence-corrected chi connectivity index (χ2v) is 4.69. The Bertz CT molecular complexity index is 605. The van der Waals surface area contributed by atoms with Crippen LogP contribution in [0.2, 0.25) is 0 Å². The predicted octanol–water partition coefficient (Wildman–Crippen LogP) is 3.57. The third-order valence-electron chi connectivity index (χ3n) is 2.76. The first-order chi connectivity index (χ1) is 8.04. The Hall–Kier alpha value is -1.55. The van der Waals surface area contributed by atoms with Crippen LogP contribution in [0.5, 0.6) is 5.75 Å². The summed E-state index contributed by atoms with van der Waals surface area (Å²) in [6.45, 7) is 1.88. The fourth-order valence-electron chi connectivity index (χ4n) is 2.03. The van der Waals surface area contributed by atoms with Crippen molar-refractivity contribution in [3.05, 3.63) is 39.9 Å². The minimum atomic E-state index is -1.10. The topological polar surface area (TPSA) is 57.5 Å². The molecule has 0 aliphatic heterocycles. The number of rotatable bonds is 2. The summed E-state index contributed by atoms with van der Waals surface area (Å²) in [5.41, 5.74) is 0.659. The molecule has 0 bridgehead atoms. The van der Waals surface area contributed by atoms with Crippen LogP contribution >= 0.6 is 15.9 Å². The van der Waals surface area contributed by atoms with Crippen molar-refractivity contribution >= 4 is 32.7 Å². The average Bonchev–Trinajstić information content (AvgIpc) is 2.27. The van der Waals surface area contributed by atoms with E-state index >= 15 is 0 Å². The van der Waals surface area contributed by atoms with Gasteiger partial charge in [-0.25, -0.2) is 4.79 Å². The molecule has 2 aromatic carbocycles. The lowest BCUT2D eigenvalue weighted by Crippen LogP contribution is -2.03. The predicted molar refractivity (Wildman–Crippen MR) is 69.7 cm³/mol. The molecule has 0 radical (unpaired) electrons. The summed E-state index contributed by atoms with van der Waals surface area (Å²) in [4.78, 5) is 11.2. The van der Waals surface area contributed by atoms with Crippen molar-refractivity contribution in [3.8, 4) is 5.75 Å². The molecule has 0 saturated heterocycles. The van der Waals surface area contributed by atoms with E-state index in [-0.39, 0.29) is 11.3 Å². The summed E-state index contributed by atoms with van der Waals surface area (Å²) in [7, 11) is 0. The van der Waals surface area contributed by atoms with E-state index in [1.165, 1.54) is 6.07 Å². The Morgan fingerprint density at radius 2 is 2.06 bits per heavy atom. The number of hydrogen-bond donors (Lipinski definition) is 2. The minimum Gasteiger partial charge on any atom is -0.507 e. The molecule has 0 spiro atoms. The minimum absolute atomic E-state index is 0.00176. The summed E-state index contributed by atoms with van der Waals surface area (Å²) in [6.07, 6.45) is 0.559. The fourth-order valence-corrected chi connectivity index (χ4v) is 2.39. The summed E-state index contributed by atoms with van der Waals surface area (Å²) < 4.78 is 0.890. The Labute approximate surface area is 107 Å². The smallest absolute Gasteiger partial charge is 0.339 e. The number of aromatic carboxylic acids is 1. The van der Waals surface area contributed by atoms with E-state index in [9.17, 15) is 9.90 Å². The van der Waals surface area contributed by atoms with E-state index < -0.39 is 5.97 Å². The molecule has 2 aromatic rings. The first-order valence-electron chi connectivity index (χ1n) is 5.22. The molecule has 0 aliphatic rings. The molecule has 0 heterocycles. The summed E-state index contributed by atoms with van der Waals surface area (Å²) in [6, 6.07) is 7.08. The van der Waals surface area contributed by atoms with Gasteiger partial charge in [-0.2, -0.15) is 0 Å². The van der Waals surface area contributed by atoms with E-state index in [1.54, 1.807) is 0 Å². The van der Waals surface area contributed by atoms with Gasteiger partial charge in [0.15, 0.2) is 0 Å². The van der Waals surface area contributed by atoms with Crippen LogP contribution in [0.15, 0.2) is 28.7 Å². The zero-order valence-corrected chi connectivity index (χ0v) is 10.8. The first kappa shape index (κ1) is 11.9. The third-order valence-corrected chi connectivity index (χ3v) is 3.25. The van der Waals surface area contributed by atoms with Crippen LogP contribution in [-0.4, -0.2) is 16.2 Å². The number of aromatic hydroxyl groups is 1. The molecule has 0 aliphatic carbocycles. The molecule has 2 N–H and O–H groups in total. The average molecular weight is 295 g/mol. The summed E-state index contributed by atoms with van der Waals surface area (Å²) >= 11 is 3.37. The van der Waals surface area contributed by atoms with Crippen LogP contribution in [-0.2, 0) is 6.42 Å². The highest BCUT2D eigenvalue weighted by molar-refractivity contribution is 9.10. The van der Waals surface area contributed by atoms with Gasteiger partial charge in [-0.3, -0.25) is 0 Å². The van der Waals surface area contributed by atoms with E-state index in [0.29, 0.717) is 12.0 Å². The van der Waals surface area contributed by atoms with Crippen LogP contribution in [0.25, 0.3) is 10.8 Å². The van der Waals surface area contributed by atoms with Gasteiger partial charge in [0.1, 0.15) is 11.3 Å². The normalized spacial score (nSPS) is 10.7. The van der Waals surface area contributed by atoms with Gasteiger partial charge in [0.25, 0.3) is 0 Å². The lowest BCUT2D eigenvalue weighted by atomic mass is 9.96. The number of phenols is 1. The second-order valence-electron chi connectivity index (χ2n) is 3.77. The summed E-state index contributed by atoms with van der Waals surface area (Å²) in [5.74, 6) is -1.27. The molecule has 88 valence electrons. The standard InChI is InChI=1S/C13H11BrO3/c1-2-9-10-6-8(14)4-3-7(10)5-11(15)12(9)13(16)17/h3-6,15H,2H2,1H3,(H,16,17). The molecule has 17 heavy (non-hydrogen) atoms. The molecule has 0 saturated carbocycles. The fraction of sp³-hybridized carbons (Fsp3) is 0.154. The van der Waals surface area contributed by atoms with Gasteiger partial charge >= 0.3 is 5.97 Å². The molecule has 3 nitrogen and oxygen atoms in total. The molecule has 0 aromatic heterocycles. The number of benzene rings is 2. The molecule has 0 unspecified atom stereocenters. The van der Waals surface area contributed by atoms with Gasteiger partial charge in [-0.15, -0.1) is 0 Å². The number of halogens is 1. The van der Waals surface area contributed by atoms with Crippen molar-refractivity contribution in [3.63, 3.8) is 0 Å². The lowest BCUT2D eigenvalue weighted by Gasteiger charge is -2.11. The van der Waals surface area contributed by atoms with Crippen molar-refractivity contribution in [1.82, 2.24) is 0 Å². The van der Waals surface area contributed by atoms with Gasteiger partial charge in [0.2, 0.25) is 0 Å². The van der Waals surface area contributed by atoms with Crippen molar-refractivity contribution in [2.75, 3.05) is 0 Å². The highest BCUT2D eigenvalue weighted by Crippen LogP contribution is 2.32. The number of carbonyl (C=O) groups is 1. The zero-order chi connectivity index (χ0) is 12.6. The van der Waals surface area contributed by atoms with Gasteiger partial charge in [0, 0.05) is 4.47 Å². The Balaban J connectivity index is 2.92.